The first-order chi connectivity index (χ1) is 11.6. The SMILES string of the molecule is CCC(=O)C1=C(O)CC(c2c(C)c(C)c(C)c(C(N)=O)c2C)CC1=O. The van der Waals surface area contributed by atoms with Crippen LogP contribution < -0.4 is 5.73 Å². The van der Waals surface area contributed by atoms with Crippen LogP contribution >= 0.6 is 0 Å². The van der Waals surface area contributed by atoms with Crippen LogP contribution in [-0.2, 0) is 9.59 Å². The number of amides is 1. The Hall–Kier alpha value is -2.43. The van der Waals surface area contributed by atoms with E-state index in [1.807, 2.05) is 27.7 Å². The summed E-state index contributed by atoms with van der Waals surface area (Å²) in [7, 11) is 0. The lowest BCUT2D eigenvalue weighted by molar-refractivity contribution is -0.122. The minimum atomic E-state index is -0.497. The fourth-order valence-corrected chi connectivity index (χ4v) is 3.94. The minimum Gasteiger partial charge on any atom is -0.511 e. The third kappa shape index (κ3) is 3.11. The van der Waals surface area contributed by atoms with Gasteiger partial charge in [0.2, 0.25) is 5.91 Å². The standard InChI is InChI=1S/C20H25NO4/c1-6-14(22)19-15(23)7-13(8-16(19)24)17-10(3)9(2)11(4)18(12(17)5)20(21)25/h13,23H,6-8H2,1-5H3,(H2,21,25). The fraction of sp³-hybridized carbons (Fsp3) is 0.450. The molecule has 3 N–H and O–H groups in total. The van der Waals surface area contributed by atoms with Gasteiger partial charge in [-0.1, -0.05) is 6.92 Å². The van der Waals surface area contributed by atoms with Crippen molar-refractivity contribution in [3.8, 4) is 0 Å². The molecule has 0 spiro atoms. The van der Waals surface area contributed by atoms with Gasteiger partial charge in [0.05, 0.1) is 5.57 Å². The van der Waals surface area contributed by atoms with Crippen molar-refractivity contribution in [3.63, 3.8) is 0 Å². The Kier molecular flexibility index (Phi) is 5.16. The lowest BCUT2D eigenvalue weighted by Crippen LogP contribution is -2.25. The number of carbonyl (C=O) groups excluding carboxylic acids is 3. The molecule has 1 unspecified atom stereocenters. The van der Waals surface area contributed by atoms with Gasteiger partial charge in [0.25, 0.3) is 0 Å². The lowest BCUT2D eigenvalue weighted by atomic mass is 9.75. The van der Waals surface area contributed by atoms with Gasteiger partial charge < -0.3 is 10.8 Å². The summed E-state index contributed by atoms with van der Waals surface area (Å²) in [5, 5.41) is 10.3. The molecule has 1 amide bonds. The van der Waals surface area contributed by atoms with Crippen molar-refractivity contribution >= 4 is 17.5 Å². The number of allylic oxidation sites excluding steroid dienone is 2. The van der Waals surface area contributed by atoms with Crippen LogP contribution in [0.4, 0.5) is 0 Å². The number of benzene rings is 1. The maximum absolute atomic E-state index is 12.5. The number of aliphatic hydroxyl groups excluding tert-OH is 1. The zero-order chi connectivity index (χ0) is 19.0. The van der Waals surface area contributed by atoms with Crippen LogP contribution in [0.5, 0.6) is 0 Å². The molecule has 134 valence electrons. The lowest BCUT2D eigenvalue weighted by Gasteiger charge is -2.28. The number of carbonyl (C=O) groups is 3. The van der Waals surface area contributed by atoms with Gasteiger partial charge in [-0.05, 0) is 61.4 Å². The van der Waals surface area contributed by atoms with Crippen molar-refractivity contribution in [2.24, 2.45) is 5.73 Å². The Balaban J connectivity index is 2.62. The third-order valence-electron chi connectivity index (χ3n) is 5.38. The van der Waals surface area contributed by atoms with E-state index in [0.29, 0.717) is 5.56 Å². The maximum Gasteiger partial charge on any atom is 0.249 e. The molecule has 0 heterocycles. The van der Waals surface area contributed by atoms with Crippen LogP contribution in [0.15, 0.2) is 11.3 Å². The van der Waals surface area contributed by atoms with Crippen molar-refractivity contribution in [1.82, 2.24) is 0 Å². The van der Waals surface area contributed by atoms with Gasteiger partial charge in [-0.25, -0.2) is 0 Å². The topological polar surface area (TPSA) is 97.5 Å². The number of Topliss-reactive ketones (excluding diaryl/α,β-unsaturated/α-hetero) is 2. The molecule has 0 radical (unpaired) electrons. The van der Waals surface area contributed by atoms with Gasteiger partial charge in [-0.2, -0.15) is 0 Å². The molecule has 0 saturated carbocycles. The van der Waals surface area contributed by atoms with Crippen molar-refractivity contribution in [1.29, 1.82) is 0 Å². The number of primary amides is 1. The first kappa shape index (κ1) is 18.9. The summed E-state index contributed by atoms with van der Waals surface area (Å²) in [6.07, 6.45) is 0.548. The number of hydrogen-bond acceptors (Lipinski definition) is 4. The zero-order valence-corrected chi connectivity index (χ0v) is 15.4. The summed E-state index contributed by atoms with van der Waals surface area (Å²) < 4.78 is 0. The van der Waals surface area contributed by atoms with E-state index in [1.54, 1.807) is 6.92 Å². The number of nitrogens with two attached hydrogens (primary N) is 1. The summed E-state index contributed by atoms with van der Waals surface area (Å²) in [4.78, 5) is 36.3. The molecule has 1 atom stereocenters. The zero-order valence-electron chi connectivity index (χ0n) is 15.4. The molecule has 5 heteroatoms. The molecular weight excluding hydrogens is 318 g/mol. The molecule has 0 bridgehead atoms. The molecule has 0 saturated heterocycles. The Morgan fingerprint density at radius 2 is 1.64 bits per heavy atom. The van der Waals surface area contributed by atoms with E-state index in [2.05, 4.69) is 0 Å². The third-order valence-corrected chi connectivity index (χ3v) is 5.38. The maximum atomic E-state index is 12.5. The van der Waals surface area contributed by atoms with E-state index < -0.39 is 5.91 Å². The summed E-state index contributed by atoms with van der Waals surface area (Å²) in [5.74, 6) is -1.57. The van der Waals surface area contributed by atoms with Gasteiger partial charge in [0.1, 0.15) is 5.76 Å². The van der Waals surface area contributed by atoms with E-state index in [0.717, 1.165) is 27.8 Å². The highest BCUT2D eigenvalue weighted by atomic mass is 16.3. The average molecular weight is 343 g/mol. The molecule has 2 rings (SSSR count). The molecule has 5 nitrogen and oxygen atoms in total. The Bertz CT molecular complexity index is 818. The average Bonchev–Trinajstić information content (AvgIpc) is 2.51. The normalized spacial score (nSPS) is 17.8. The van der Waals surface area contributed by atoms with Crippen LogP contribution in [0, 0.1) is 27.7 Å². The Labute approximate surface area is 147 Å². The van der Waals surface area contributed by atoms with Gasteiger partial charge >= 0.3 is 0 Å². The van der Waals surface area contributed by atoms with Gasteiger partial charge in [0, 0.05) is 24.8 Å². The number of aliphatic hydroxyl groups is 1. The Morgan fingerprint density at radius 3 is 2.12 bits per heavy atom. The molecule has 0 aromatic heterocycles. The summed E-state index contributed by atoms with van der Waals surface area (Å²) in [6, 6.07) is 0. The molecule has 0 aliphatic heterocycles. The Morgan fingerprint density at radius 1 is 1.04 bits per heavy atom. The number of rotatable bonds is 4. The predicted molar refractivity (Wildman–Crippen MR) is 95.8 cm³/mol. The molecule has 25 heavy (non-hydrogen) atoms. The van der Waals surface area contributed by atoms with E-state index in [-0.39, 0.29) is 48.1 Å². The van der Waals surface area contributed by atoms with Crippen LogP contribution in [0.1, 0.15) is 70.3 Å². The second-order valence-electron chi connectivity index (χ2n) is 6.78. The van der Waals surface area contributed by atoms with E-state index in [9.17, 15) is 19.5 Å². The van der Waals surface area contributed by atoms with Crippen LogP contribution in [0.2, 0.25) is 0 Å². The highest BCUT2D eigenvalue weighted by Crippen LogP contribution is 2.40. The molecule has 1 aromatic carbocycles. The smallest absolute Gasteiger partial charge is 0.249 e. The first-order valence-electron chi connectivity index (χ1n) is 8.50. The second-order valence-corrected chi connectivity index (χ2v) is 6.78. The van der Waals surface area contributed by atoms with E-state index in [4.69, 9.17) is 5.73 Å². The fourth-order valence-electron chi connectivity index (χ4n) is 3.94. The molecule has 1 aliphatic carbocycles. The van der Waals surface area contributed by atoms with Crippen molar-refractivity contribution in [3.05, 3.63) is 44.7 Å². The van der Waals surface area contributed by atoms with Crippen LogP contribution in [-0.4, -0.2) is 22.6 Å². The van der Waals surface area contributed by atoms with Crippen molar-refractivity contribution in [2.75, 3.05) is 0 Å². The highest BCUT2D eigenvalue weighted by molar-refractivity contribution is 6.21. The largest absolute Gasteiger partial charge is 0.511 e. The molecule has 0 fully saturated rings. The van der Waals surface area contributed by atoms with E-state index in [1.165, 1.54) is 0 Å². The molecule has 1 aliphatic rings. The highest BCUT2D eigenvalue weighted by Gasteiger charge is 2.34. The van der Waals surface area contributed by atoms with E-state index >= 15 is 0 Å². The van der Waals surface area contributed by atoms with Gasteiger partial charge in [-0.3, -0.25) is 14.4 Å². The first-order valence-corrected chi connectivity index (χ1v) is 8.50. The van der Waals surface area contributed by atoms with Crippen LogP contribution in [0.25, 0.3) is 0 Å². The summed E-state index contributed by atoms with van der Waals surface area (Å²) in [5.41, 5.74) is 10.4. The van der Waals surface area contributed by atoms with Crippen molar-refractivity contribution in [2.45, 2.75) is 59.8 Å². The number of hydrogen-bond donors (Lipinski definition) is 2. The summed E-state index contributed by atoms with van der Waals surface area (Å²) >= 11 is 0. The predicted octanol–water partition coefficient (Wildman–Crippen LogP) is 3.26. The van der Waals surface area contributed by atoms with Crippen molar-refractivity contribution < 1.29 is 19.5 Å². The van der Waals surface area contributed by atoms with Gasteiger partial charge in [0.15, 0.2) is 11.6 Å². The summed E-state index contributed by atoms with van der Waals surface area (Å²) in [6.45, 7) is 9.23. The number of ketones is 2. The van der Waals surface area contributed by atoms with Crippen LogP contribution in [0.3, 0.4) is 0 Å². The second kappa shape index (κ2) is 6.82. The molecule has 1 aromatic rings. The quantitative estimate of drug-likeness (QED) is 0.820. The molecular formula is C20H25NO4. The van der Waals surface area contributed by atoms with Gasteiger partial charge in [-0.15, -0.1) is 0 Å². The monoisotopic (exact) mass is 343 g/mol. The minimum absolute atomic E-state index is 0.0620.